The van der Waals surface area contributed by atoms with E-state index in [0.717, 1.165) is 25.7 Å². The normalized spacial score (nSPS) is 20.5. The lowest BCUT2D eigenvalue weighted by molar-refractivity contribution is 0.0331. The smallest absolute Gasteiger partial charge is 0.142 e. The third-order valence-corrected chi connectivity index (χ3v) is 4.15. The highest BCUT2D eigenvalue weighted by Gasteiger charge is 2.40. The van der Waals surface area contributed by atoms with Gasteiger partial charge in [-0.3, -0.25) is 0 Å². The average Bonchev–Trinajstić information content (AvgIpc) is 2.81. The van der Waals surface area contributed by atoms with E-state index >= 15 is 0 Å². The second-order valence-electron chi connectivity index (χ2n) is 4.85. The second kappa shape index (κ2) is 4.92. The van der Waals surface area contributed by atoms with Gasteiger partial charge in [0.15, 0.2) is 0 Å². The van der Waals surface area contributed by atoms with Crippen LogP contribution in [0, 0.1) is 11.2 Å². The Bertz CT molecular complexity index is 404. The van der Waals surface area contributed by atoms with Crippen molar-refractivity contribution in [1.82, 2.24) is 0 Å². The standard InChI is InChI=1S/C13H17ClFNO/c14-10-4-3-9(7-11(10)15)12(17)13(8-16)5-1-2-6-13/h3-4,7,12,17H,1-2,5-6,8,16H2. The molecule has 0 aliphatic heterocycles. The molecule has 1 atom stereocenters. The van der Waals surface area contributed by atoms with E-state index in [2.05, 4.69) is 0 Å². The average molecular weight is 258 g/mol. The highest BCUT2D eigenvalue weighted by molar-refractivity contribution is 6.30. The van der Waals surface area contributed by atoms with Gasteiger partial charge < -0.3 is 10.8 Å². The quantitative estimate of drug-likeness (QED) is 0.874. The molecule has 1 aromatic carbocycles. The lowest BCUT2D eigenvalue weighted by atomic mass is 9.77. The molecule has 0 heterocycles. The Morgan fingerprint density at radius 2 is 2.06 bits per heavy atom. The zero-order valence-corrected chi connectivity index (χ0v) is 10.4. The summed E-state index contributed by atoms with van der Waals surface area (Å²) in [4.78, 5) is 0. The van der Waals surface area contributed by atoms with Crippen molar-refractivity contribution >= 4 is 11.6 Å². The number of benzene rings is 1. The van der Waals surface area contributed by atoms with E-state index in [9.17, 15) is 9.50 Å². The van der Waals surface area contributed by atoms with Crippen LogP contribution in [0.3, 0.4) is 0 Å². The SMILES string of the molecule is NCC1(C(O)c2ccc(Cl)c(F)c2)CCCC1. The summed E-state index contributed by atoms with van der Waals surface area (Å²) in [6.07, 6.45) is 3.24. The largest absolute Gasteiger partial charge is 0.388 e. The maximum Gasteiger partial charge on any atom is 0.142 e. The summed E-state index contributed by atoms with van der Waals surface area (Å²) in [6, 6.07) is 4.46. The molecule has 1 unspecified atom stereocenters. The number of rotatable bonds is 3. The fraction of sp³-hybridized carbons (Fsp3) is 0.538. The molecule has 1 aliphatic rings. The summed E-state index contributed by atoms with van der Waals surface area (Å²) in [5, 5.41) is 10.5. The van der Waals surface area contributed by atoms with Gasteiger partial charge in [-0.25, -0.2) is 4.39 Å². The second-order valence-corrected chi connectivity index (χ2v) is 5.26. The molecule has 2 nitrogen and oxygen atoms in total. The van der Waals surface area contributed by atoms with Crippen molar-refractivity contribution in [3.8, 4) is 0 Å². The van der Waals surface area contributed by atoms with Crippen LogP contribution in [0.4, 0.5) is 4.39 Å². The molecule has 2 rings (SSSR count). The molecule has 0 amide bonds. The fourth-order valence-electron chi connectivity index (χ4n) is 2.70. The first-order valence-corrected chi connectivity index (χ1v) is 6.30. The Morgan fingerprint density at radius 1 is 1.41 bits per heavy atom. The topological polar surface area (TPSA) is 46.2 Å². The van der Waals surface area contributed by atoms with Crippen LogP contribution in [0.1, 0.15) is 37.4 Å². The van der Waals surface area contributed by atoms with Gasteiger partial charge >= 0.3 is 0 Å². The van der Waals surface area contributed by atoms with Crippen molar-refractivity contribution in [1.29, 1.82) is 0 Å². The molecule has 0 bridgehead atoms. The first kappa shape index (κ1) is 12.8. The summed E-state index contributed by atoms with van der Waals surface area (Å²) in [5.74, 6) is -0.492. The van der Waals surface area contributed by atoms with E-state index in [-0.39, 0.29) is 10.4 Å². The van der Waals surface area contributed by atoms with Crippen LogP contribution >= 0.6 is 11.6 Å². The molecular formula is C13H17ClFNO. The van der Waals surface area contributed by atoms with Crippen LogP contribution in [-0.4, -0.2) is 11.7 Å². The Labute approximate surface area is 106 Å². The lowest BCUT2D eigenvalue weighted by Crippen LogP contribution is -2.34. The fourth-order valence-corrected chi connectivity index (χ4v) is 2.82. The number of halogens is 2. The van der Waals surface area contributed by atoms with E-state index in [4.69, 9.17) is 17.3 Å². The van der Waals surface area contributed by atoms with Crippen molar-refractivity contribution < 1.29 is 9.50 Å². The minimum absolute atomic E-state index is 0.0779. The van der Waals surface area contributed by atoms with Crippen LogP contribution in [0.15, 0.2) is 18.2 Å². The molecular weight excluding hydrogens is 241 g/mol. The highest BCUT2D eigenvalue weighted by Crippen LogP contribution is 2.47. The molecule has 1 aliphatic carbocycles. The predicted molar refractivity (Wildman–Crippen MR) is 66.3 cm³/mol. The Morgan fingerprint density at radius 3 is 2.59 bits per heavy atom. The molecule has 1 fully saturated rings. The van der Waals surface area contributed by atoms with Crippen molar-refractivity contribution in [2.24, 2.45) is 11.1 Å². The number of aliphatic hydroxyl groups is 1. The summed E-state index contributed by atoms with van der Waals surface area (Å²) in [6.45, 7) is 0.429. The van der Waals surface area contributed by atoms with Crippen molar-refractivity contribution in [2.75, 3.05) is 6.54 Å². The van der Waals surface area contributed by atoms with Crippen LogP contribution in [0.5, 0.6) is 0 Å². The van der Waals surface area contributed by atoms with Gasteiger partial charge in [0.1, 0.15) is 5.82 Å². The molecule has 0 radical (unpaired) electrons. The predicted octanol–water partition coefficient (Wildman–Crippen LogP) is 3.03. The number of nitrogens with two attached hydrogens (primary N) is 1. The van der Waals surface area contributed by atoms with E-state index in [1.54, 1.807) is 6.07 Å². The summed E-state index contributed by atoms with van der Waals surface area (Å²) in [5.41, 5.74) is 6.07. The van der Waals surface area contributed by atoms with Gasteiger partial charge in [0.05, 0.1) is 11.1 Å². The monoisotopic (exact) mass is 257 g/mol. The maximum atomic E-state index is 13.4. The van der Waals surface area contributed by atoms with Crippen molar-refractivity contribution in [2.45, 2.75) is 31.8 Å². The molecule has 0 aromatic heterocycles. The molecule has 17 heavy (non-hydrogen) atoms. The third-order valence-electron chi connectivity index (χ3n) is 3.85. The number of hydrogen-bond acceptors (Lipinski definition) is 2. The summed E-state index contributed by atoms with van der Waals surface area (Å²) < 4.78 is 13.4. The van der Waals surface area contributed by atoms with E-state index < -0.39 is 11.9 Å². The van der Waals surface area contributed by atoms with Gasteiger partial charge in [-0.1, -0.05) is 30.5 Å². The molecule has 94 valence electrons. The minimum atomic E-state index is -0.707. The van der Waals surface area contributed by atoms with Crippen LogP contribution < -0.4 is 5.73 Å². The van der Waals surface area contributed by atoms with Crippen molar-refractivity contribution in [3.05, 3.63) is 34.6 Å². The van der Waals surface area contributed by atoms with Gasteiger partial charge in [-0.2, -0.15) is 0 Å². The molecule has 1 aromatic rings. The molecule has 0 saturated heterocycles. The van der Waals surface area contributed by atoms with Crippen LogP contribution in [-0.2, 0) is 0 Å². The van der Waals surface area contributed by atoms with Gasteiger partial charge in [-0.15, -0.1) is 0 Å². The minimum Gasteiger partial charge on any atom is -0.388 e. The Hall–Kier alpha value is -0.640. The Balaban J connectivity index is 2.29. The van der Waals surface area contributed by atoms with E-state index in [1.807, 2.05) is 0 Å². The number of hydrogen-bond donors (Lipinski definition) is 2. The zero-order valence-electron chi connectivity index (χ0n) is 9.63. The molecule has 0 spiro atoms. The molecule has 1 saturated carbocycles. The van der Waals surface area contributed by atoms with E-state index in [0.29, 0.717) is 12.1 Å². The van der Waals surface area contributed by atoms with Gasteiger partial charge in [-0.05, 0) is 30.5 Å². The summed E-state index contributed by atoms with van der Waals surface area (Å²) in [7, 11) is 0. The van der Waals surface area contributed by atoms with Gasteiger partial charge in [0, 0.05) is 12.0 Å². The zero-order chi connectivity index (χ0) is 12.5. The van der Waals surface area contributed by atoms with Crippen LogP contribution in [0.25, 0.3) is 0 Å². The first-order valence-electron chi connectivity index (χ1n) is 5.92. The molecule has 3 N–H and O–H groups in total. The van der Waals surface area contributed by atoms with Crippen molar-refractivity contribution in [3.63, 3.8) is 0 Å². The van der Waals surface area contributed by atoms with Gasteiger partial charge in [0.25, 0.3) is 0 Å². The Kier molecular flexibility index (Phi) is 3.71. The number of aliphatic hydroxyl groups excluding tert-OH is 1. The molecule has 4 heteroatoms. The third kappa shape index (κ3) is 2.32. The van der Waals surface area contributed by atoms with E-state index in [1.165, 1.54) is 12.1 Å². The summed E-state index contributed by atoms with van der Waals surface area (Å²) >= 11 is 5.63. The lowest BCUT2D eigenvalue weighted by Gasteiger charge is -2.33. The van der Waals surface area contributed by atoms with Gasteiger partial charge in [0.2, 0.25) is 0 Å². The maximum absolute atomic E-state index is 13.4. The first-order chi connectivity index (χ1) is 8.09. The highest BCUT2D eigenvalue weighted by atomic mass is 35.5. The van der Waals surface area contributed by atoms with Crippen LogP contribution in [0.2, 0.25) is 5.02 Å².